The van der Waals surface area contributed by atoms with E-state index in [1.165, 1.54) is 0 Å². The highest BCUT2D eigenvalue weighted by molar-refractivity contribution is 6.05. The van der Waals surface area contributed by atoms with E-state index in [-0.39, 0.29) is 5.91 Å². The molecule has 0 unspecified atom stereocenters. The van der Waals surface area contributed by atoms with Gasteiger partial charge in [0.15, 0.2) is 0 Å². The van der Waals surface area contributed by atoms with Gasteiger partial charge in [-0.15, -0.1) is 0 Å². The molecule has 0 fully saturated rings. The first-order chi connectivity index (χ1) is 11.6. The van der Waals surface area contributed by atoms with E-state index in [1.54, 1.807) is 26.4 Å². The van der Waals surface area contributed by atoms with Crippen LogP contribution in [0.2, 0.25) is 0 Å². The smallest absolute Gasteiger partial charge is 0.255 e. The molecule has 0 aliphatic carbocycles. The second-order valence-corrected chi connectivity index (χ2v) is 5.44. The molecule has 2 rings (SSSR count). The summed E-state index contributed by atoms with van der Waals surface area (Å²) < 4.78 is 10.6. The van der Waals surface area contributed by atoms with E-state index in [0.29, 0.717) is 17.1 Å². The fraction of sp³-hybridized carbons (Fsp3) is 0.316. The van der Waals surface area contributed by atoms with Crippen molar-refractivity contribution in [2.75, 3.05) is 26.1 Å². The molecule has 2 aromatic rings. The maximum absolute atomic E-state index is 12.5. The number of amides is 1. The fourth-order valence-electron chi connectivity index (χ4n) is 2.45. The lowest BCUT2D eigenvalue weighted by molar-refractivity contribution is 0.102. The van der Waals surface area contributed by atoms with E-state index in [4.69, 9.17) is 9.47 Å². The third-order valence-corrected chi connectivity index (χ3v) is 3.78. The molecule has 0 saturated carbocycles. The first-order valence-corrected chi connectivity index (χ1v) is 7.92. The molecule has 5 nitrogen and oxygen atoms in total. The molecular weight excluding hydrogens is 304 g/mol. The van der Waals surface area contributed by atoms with Crippen molar-refractivity contribution in [3.63, 3.8) is 0 Å². The standard InChI is InChI=1S/C19H24N2O3/c1-5-20-12-14-7-6-8-16(9-14)21-19(22)15-10-17(23-3)13(2)18(11-15)24-4/h6-11,20H,5,12H2,1-4H3,(H,21,22). The Morgan fingerprint density at radius 2 is 1.75 bits per heavy atom. The Hall–Kier alpha value is -2.53. The van der Waals surface area contributed by atoms with Crippen molar-refractivity contribution < 1.29 is 14.3 Å². The number of methoxy groups -OCH3 is 2. The third-order valence-electron chi connectivity index (χ3n) is 3.78. The molecule has 0 aromatic heterocycles. The quantitative estimate of drug-likeness (QED) is 0.818. The van der Waals surface area contributed by atoms with Gasteiger partial charge >= 0.3 is 0 Å². The number of ether oxygens (including phenoxy) is 2. The first kappa shape index (κ1) is 17.8. The predicted molar refractivity (Wildman–Crippen MR) is 96.1 cm³/mol. The first-order valence-electron chi connectivity index (χ1n) is 7.92. The molecule has 24 heavy (non-hydrogen) atoms. The summed E-state index contributed by atoms with van der Waals surface area (Å²) in [5.41, 5.74) is 3.23. The molecule has 0 bridgehead atoms. The summed E-state index contributed by atoms with van der Waals surface area (Å²) in [5.74, 6) is 1.05. The van der Waals surface area contributed by atoms with Gasteiger partial charge in [-0.3, -0.25) is 4.79 Å². The van der Waals surface area contributed by atoms with Crippen molar-refractivity contribution in [1.29, 1.82) is 0 Å². The van der Waals surface area contributed by atoms with Gasteiger partial charge in [-0.1, -0.05) is 19.1 Å². The summed E-state index contributed by atoms with van der Waals surface area (Å²) in [4.78, 5) is 12.5. The van der Waals surface area contributed by atoms with Crippen LogP contribution < -0.4 is 20.1 Å². The largest absolute Gasteiger partial charge is 0.496 e. The molecule has 0 aliphatic rings. The van der Waals surface area contributed by atoms with Crippen molar-refractivity contribution in [1.82, 2.24) is 5.32 Å². The van der Waals surface area contributed by atoms with E-state index in [1.807, 2.05) is 31.2 Å². The van der Waals surface area contributed by atoms with Gasteiger partial charge in [-0.25, -0.2) is 0 Å². The number of carbonyl (C=O) groups excluding carboxylic acids is 1. The van der Waals surface area contributed by atoms with Crippen LogP contribution in [0.5, 0.6) is 11.5 Å². The zero-order valence-corrected chi connectivity index (χ0v) is 14.6. The van der Waals surface area contributed by atoms with Crippen molar-refractivity contribution in [2.45, 2.75) is 20.4 Å². The molecule has 5 heteroatoms. The van der Waals surface area contributed by atoms with Crippen LogP contribution in [0.15, 0.2) is 36.4 Å². The summed E-state index contributed by atoms with van der Waals surface area (Å²) in [5, 5.41) is 6.19. The van der Waals surface area contributed by atoms with Crippen molar-refractivity contribution in [3.8, 4) is 11.5 Å². The van der Waals surface area contributed by atoms with Crippen molar-refractivity contribution in [2.24, 2.45) is 0 Å². The molecule has 0 atom stereocenters. The maximum atomic E-state index is 12.5. The lowest BCUT2D eigenvalue weighted by Crippen LogP contribution is -2.14. The summed E-state index contributed by atoms with van der Waals surface area (Å²) in [6.45, 7) is 5.62. The molecule has 0 heterocycles. The Morgan fingerprint density at radius 3 is 2.33 bits per heavy atom. The normalized spacial score (nSPS) is 10.3. The molecule has 1 amide bonds. The Labute approximate surface area is 143 Å². The Morgan fingerprint density at radius 1 is 1.08 bits per heavy atom. The Kier molecular flexibility index (Phi) is 6.21. The van der Waals surface area contributed by atoms with Crippen LogP contribution in [0.3, 0.4) is 0 Å². The summed E-state index contributed by atoms with van der Waals surface area (Å²) >= 11 is 0. The minimum Gasteiger partial charge on any atom is -0.496 e. The molecule has 2 N–H and O–H groups in total. The molecular formula is C19H24N2O3. The molecule has 0 radical (unpaired) electrons. The van der Waals surface area contributed by atoms with Crippen molar-refractivity contribution in [3.05, 3.63) is 53.1 Å². The zero-order chi connectivity index (χ0) is 17.5. The van der Waals surface area contributed by atoms with Gasteiger partial charge in [-0.05, 0) is 43.3 Å². The van der Waals surface area contributed by atoms with Crippen LogP contribution in [0.25, 0.3) is 0 Å². The van der Waals surface area contributed by atoms with Gasteiger partial charge in [0.25, 0.3) is 5.91 Å². The number of hydrogen-bond donors (Lipinski definition) is 2. The molecule has 0 aliphatic heterocycles. The lowest BCUT2D eigenvalue weighted by atomic mass is 10.1. The Balaban J connectivity index is 2.20. The molecule has 2 aromatic carbocycles. The molecule has 0 saturated heterocycles. The van der Waals surface area contributed by atoms with Gasteiger partial charge in [-0.2, -0.15) is 0 Å². The Bertz CT molecular complexity index is 689. The lowest BCUT2D eigenvalue weighted by Gasteiger charge is -2.13. The topological polar surface area (TPSA) is 59.6 Å². The van der Waals surface area contributed by atoms with Crippen LogP contribution in [-0.4, -0.2) is 26.7 Å². The minimum atomic E-state index is -0.202. The monoisotopic (exact) mass is 328 g/mol. The average molecular weight is 328 g/mol. The fourth-order valence-corrected chi connectivity index (χ4v) is 2.45. The van der Waals surface area contributed by atoms with Crippen LogP contribution in [0.1, 0.15) is 28.4 Å². The van der Waals surface area contributed by atoms with Gasteiger partial charge in [0.2, 0.25) is 0 Å². The van der Waals surface area contributed by atoms with Gasteiger partial charge in [0.05, 0.1) is 14.2 Å². The number of hydrogen-bond acceptors (Lipinski definition) is 4. The van der Waals surface area contributed by atoms with Crippen LogP contribution in [-0.2, 0) is 6.54 Å². The van der Waals surface area contributed by atoms with Gasteiger partial charge in [0.1, 0.15) is 11.5 Å². The highest BCUT2D eigenvalue weighted by Gasteiger charge is 2.14. The van der Waals surface area contributed by atoms with E-state index in [2.05, 4.69) is 17.6 Å². The van der Waals surface area contributed by atoms with Crippen LogP contribution in [0.4, 0.5) is 5.69 Å². The zero-order valence-electron chi connectivity index (χ0n) is 14.6. The molecule has 0 spiro atoms. The second kappa shape index (κ2) is 8.36. The SMILES string of the molecule is CCNCc1cccc(NC(=O)c2cc(OC)c(C)c(OC)c2)c1. The summed E-state index contributed by atoms with van der Waals surface area (Å²) in [6, 6.07) is 11.2. The average Bonchev–Trinajstić information content (AvgIpc) is 2.60. The van der Waals surface area contributed by atoms with Crippen LogP contribution >= 0.6 is 0 Å². The highest BCUT2D eigenvalue weighted by Crippen LogP contribution is 2.29. The van der Waals surface area contributed by atoms with Crippen LogP contribution in [0, 0.1) is 6.92 Å². The van der Waals surface area contributed by atoms with Gasteiger partial charge < -0.3 is 20.1 Å². The number of nitrogens with one attached hydrogen (secondary N) is 2. The van der Waals surface area contributed by atoms with Crippen molar-refractivity contribution >= 4 is 11.6 Å². The van der Waals surface area contributed by atoms with E-state index in [0.717, 1.165) is 29.9 Å². The van der Waals surface area contributed by atoms with E-state index in [9.17, 15) is 4.79 Å². The maximum Gasteiger partial charge on any atom is 0.255 e. The number of benzene rings is 2. The van der Waals surface area contributed by atoms with Gasteiger partial charge in [0, 0.05) is 23.4 Å². The number of rotatable bonds is 7. The third kappa shape index (κ3) is 4.26. The summed E-state index contributed by atoms with van der Waals surface area (Å²) in [6.07, 6.45) is 0. The molecule has 128 valence electrons. The minimum absolute atomic E-state index is 0.202. The second-order valence-electron chi connectivity index (χ2n) is 5.44. The van der Waals surface area contributed by atoms with E-state index >= 15 is 0 Å². The number of carbonyl (C=O) groups is 1. The highest BCUT2D eigenvalue weighted by atomic mass is 16.5. The number of anilines is 1. The predicted octanol–water partition coefficient (Wildman–Crippen LogP) is 3.37. The van der Waals surface area contributed by atoms with E-state index < -0.39 is 0 Å². The summed E-state index contributed by atoms with van der Waals surface area (Å²) in [7, 11) is 3.15.